The summed E-state index contributed by atoms with van der Waals surface area (Å²) in [6.45, 7) is 7.29. The van der Waals surface area contributed by atoms with Crippen molar-refractivity contribution in [2.24, 2.45) is 5.92 Å². The first-order valence-electron chi connectivity index (χ1n) is 10.6. The fourth-order valence-corrected chi connectivity index (χ4v) is 5.65. The number of hydrogen-bond acceptors (Lipinski definition) is 4. The Balaban J connectivity index is 1.41. The molecule has 1 fully saturated rings. The highest BCUT2D eigenvalue weighted by molar-refractivity contribution is 5.97. The van der Waals surface area contributed by atoms with Gasteiger partial charge in [0.2, 0.25) is 0 Å². The van der Waals surface area contributed by atoms with Crippen molar-refractivity contribution in [2.45, 2.75) is 45.1 Å². The third-order valence-electron chi connectivity index (χ3n) is 7.55. The van der Waals surface area contributed by atoms with E-state index in [9.17, 15) is 4.79 Å². The summed E-state index contributed by atoms with van der Waals surface area (Å²) in [5.74, 6) is 1.16. The molecule has 1 saturated heterocycles. The molecule has 30 heavy (non-hydrogen) atoms. The summed E-state index contributed by atoms with van der Waals surface area (Å²) < 4.78 is 5.81. The molecule has 2 aliphatic rings. The van der Waals surface area contributed by atoms with E-state index >= 15 is 0 Å². The van der Waals surface area contributed by atoms with Gasteiger partial charge in [-0.05, 0) is 65.6 Å². The summed E-state index contributed by atoms with van der Waals surface area (Å²) in [7, 11) is 0. The molecule has 0 saturated carbocycles. The number of rotatable bonds is 1. The number of aromatic amines is 1. The van der Waals surface area contributed by atoms with Crippen LogP contribution in [0.25, 0.3) is 22.1 Å². The van der Waals surface area contributed by atoms with Crippen molar-refractivity contribution in [1.29, 1.82) is 0 Å². The van der Waals surface area contributed by atoms with Crippen molar-refractivity contribution >= 4 is 28.0 Å². The Morgan fingerprint density at radius 2 is 2.13 bits per heavy atom. The van der Waals surface area contributed by atoms with Crippen LogP contribution in [0.3, 0.4) is 0 Å². The molecular formula is C24H24N4O2. The number of oxazole rings is 1. The highest BCUT2D eigenvalue weighted by Crippen LogP contribution is 2.49. The number of benzene rings is 2. The van der Waals surface area contributed by atoms with Crippen LogP contribution in [0.2, 0.25) is 0 Å². The molecular weight excluding hydrogens is 376 g/mol. The summed E-state index contributed by atoms with van der Waals surface area (Å²) >= 11 is 0. The number of hydrogen-bond donors (Lipinski definition) is 1. The lowest BCUT2D eigenvalue weighted by Gasteiger charge is -2.54. The maximum atomic E-state index is 13.5. The lowest BCUT2D eigenvalue weighted by molar-refractivity contribution is 0.0251. The topological polar surface area (TPSA) is 75.0 Å². The molecule has 1 aliphatic carbocycles. The molecule has 3 heterocycles. The zero-order valence-electron chi connectivity index (χ0n) is 17.4. The van der Waals surface area contributed by atoms with Gasteiger partial charge in [-0.1, -0.05) is 13.8 Å². The van der Waals surface area contributed by atoms with Gasteiger partial charge in [0.1, 0.15) is 5.52 Å². The first-order chi connectivity index (χ1) is 14.4. The number of H-pyrrole nitrogens is 1. The Labute approximate surface area is 174 Å². The minimum absolute atomic E-state index is 0.0250. The minimum atomic E-state index is 0.0250. The second-order valence-electron chi connectivity index (χ2n) is 9.07. The van der Waals surface area contributed by atoms with Crippen LogP contribution in [-0.4, -0.2) is 38.3 Å². The first-order valence-corrected chi connectivity index (χ1v) is 10.6. The van der Waals surface area contributed by atoms with Crippen LogP contribution in [0.4, 0.5) is 0 Å². The Kier molecular flexibility index (Phi) is 3.50. The van der Waals surface area contributed by atoms with Gasteiger partial charge in [-0.25, -0.2) is 9.97 Å². The van der Waals surface area contributed by atoms with Crippen molar-refractivity contribution in [3.8, 4) is 0 Å². The molecule has 1 N–H and O–H groups in total. The number of carbonyl (C=O) groups excluding carboxylic acids is 1. The molecule has 1 aliphatic heterocycles. The molecule has 0 spiro atoms. The number of carbonyl (C=O) groups is 1. The van der Waals surface area contributed by atoms with Crippen LogP contribution < -0.4 is 0 Å². The summed E-state index contributed by atoms with van der Waals surface area (Å²) in [6, 6.07) is 10.3. The lowest BCUT2D eigenvalue weighted by atomic mass is 9.59. The molecule has 4 aromatic rings. The van der Waals surface area contributed by atoms with Crippen molar-refractivity contribution in [3.63, 3.8) is 0 Å². The second-order valence-corrected chi connectivity index (χ2v) is 9.07. The molecule has 2 aromatic heterocycles. The van der Waals surface area contributed by atoms with E-state index in [1.807, 2.05) is 25.1 Å². The van der Waals surface area contributed by atoms with Gasteiger partial charge >= 0.3 is 0 Å². The van der Waals surface area contributed by atoms with Crippen molar-refractivity contribution in [1.82, 2.24) is 19.9 Å². The Bertz CT molecular complexity index is 1320. The fourth-order valence-electron chi connectivity index (χ4n) is 5.65. The molecule has 1 amide bonds. The van der Waals surface area contributed by atoms with Crippen LogP contribution in [-0.2, 0) is 11.8 Å². The summed E-state index contributed by atoms with van der Waals surface area (Å²) in [6.07, 6.45) is 3.46. The highest BCUT2D eigenvalue weighted by atomic mass is 16.3. The van der Waals surface area contributed by atoms with Crippen LogP contribution in [0.15, 0.2) is 41.1 Å². The van der Waals surface area contributed by atoms with E-state index < -0.39 is 0 Å². The van der Waals surface area contributed by atoms with Gasteiger partial charge in [0.15, 0.2) is 11.5 Å². The normalized spacial score (nSPS) is 25.6. The Morgan fingerprint density at radius 3 is 3.00 bits per heavy atom. The zero-order valence-corrected chi connectivity index (χ0v) is 17.4. The smallest absolute Gasteiger partial charge is 0.254 e. The van der Waals surface area contributed by atoms with E-state index in [4.69, 9.17) is 4.42 Å². The van der Waals surface area contributed by atoms with E-state index in [2.05, 4.69) is 45.8 Å². The summed E-state index contributed by atoms with van der Waals surface area (Å²) in [5.41, 5.74) is 6.95. The van der Waals surface area contributed by atoms with Crippen LogP contribution in [0, 0.1) is 12.8 Å². The van der Waals surface area contributed by atoms with E-state index in [1.54, 1.807) is 6.33 Å². The monoisotopic (exact) mass is 400 g/mol. The third-order valence-corrected chi connectivity index (χ3v) is 7.55. The molecule has 6 nitrogen and oxygen atoms in total. The van der Waals surface area contributed by atoms with Gasteiger partial charge < -0.3 is 14.3 Å². The highest BCUT2D eigenvalue weighted by Gasteiger charge is 2.50. The summed E-state index contributed by atoms with van der Waals surface area (Å²) in [5, 5.41) is 0. The average Bonchev–Trinajstić information content (AvgIpc) is 3.33. The molecule has 0 unspecified atom stereocenters. The number of fused-ring (bicyclic) bond motifs is 6. The molecule has 2 bridgehead atoms. The predicted molar refractivity (Wildman–Crippen MR) is 115 cm³/mol. The zero-order chi connectivity index (χ0) is 20.6. The number of amides is 1. The molecule has 3 atom stereocenters. The number of piperidine rings is 1. The van der Waals surface area contributed by atoms with Crippen LogP contribution in [0.5, 0.6) is 0 Å². The van der Waals surface area contributed by atoms with Gasteiger partial charge in [0.05, 0.1) is 17.4 Å². The van der Waals surface area contributed by atoms with E-state index in [0.717, 1.165) is 47.1 Å². The molecule has 2 aromatic carbocycles. The second kappa shape index (κ2) is 5.94. The minimum Gasteiger partial charge on any atom is -0.441 e. The van der Waals surface area contributed by atoms with Crippen molar-refractivity contribution in [2.75, 3.05) is 6.54 Å². The number of nitrogens with zero attached hydrogens (tertiary/aromatic N) is 3. The molecule has 152 valence electrons. The van der Waals surface area contributed by atoms with Gasteiger partial charge in [-0.3, -0.25) is 4.79 Å². The van der Waals surface area contributed by atoms with Crippen molar-refractivity contribution in [3.05, 3.63) is 59.2 Å². The third kappa shape index (κ3) is 2.33. The van der Waals surface area contributed by atoms with Crippen LogP contribution >= 0.6 is 0 Å². The number of aryl methyl sites for hydroxylation is 1. The lowest BCUT2D eigenvalue weighted by Crippen LogP contribution is -2.59. The maximum absolute atomic E-state index is 13.5. The van der Waals surface area contributed by atoms with E-state index in [1.165, 1.54) is 11.1 Å². The molecule has 0 radical (unpaired) electrons. The van der Waals surface area contributed by atoms with E-state index in [0.29, 0.717) is 11.8 Å². The Hall–Kier alpha value is -3.15. The summed E-state index contributed by atoms with van der Waals surface area (Å²) in [4.78, 5) is 27.5. The molecule has 6 rings (SSSR count). The van der Waals surface area contributed by atoms with Gasteiger partial charge in [0, 0.05) is 25.1 Å². The van der Waals surface area contributed by atoms with Gasteiger partial charge in [-0.15, -0.1) is 0 Å². The first kappa shape index (κ1) is 17.7. The molecule has 6 heteroatoms. The maximum Gasteiger partial charge on any atom is 0.254 e. The largest absolute Gasteiger partial charge is 0.441 e. The number of imidazole rings is 1. The number of nitrogens with one attached hydrogen (secondary N) is 1. The van der Waals surface area contributed by atoms with Gasteiger partial charge in [-0.2, -0.15) is 0 Å². The average molecular weight is 400 g/mol. The standard InChI is InChI=1S/C24H24N4O2/c1-13-21-10-16-9-20-22(30-14(2)27-20)11-17(16)24(13,3)6-7-28(21)23(29)15-4-5-18-19(8-15)26-12-25-18/h4-5,8-9,11-13,21H,6-7,10H2,1-3H3,(H,25,26)/t13-,21-,24-/m1/s1. The van der Waals surface area contributed by atoms with Crippen LogP contribution in [0.1, 0.15) is 47.6 Å². The Morgan fingerprint density at radius 1 is 1.27 bits per heavy atom. The number of likely N-dealkylation sites (tertiary alicyclic amines) is 1. The number of aromatic nitrogens is 3. The van der Waals surface area contributed by atoms with E-state index in [-0.39, 0.29) is 17.4 Å². The van der Waals surface area contributed by atoms with Crippen molar-refractivity contribution < 1.29 is 9.21 Å². The SMILES string of the molecule is Cc1nc2cc3c(cc2o1)[C@]1(C)CCN(C(=O)c2ccc4nc[nH]c4c2)[C@H](C3)[C@H]1C. The van der Waals surface area contributed by atoms with Gasteiger partial charge in [0.25, 0.3) is 5.91 Å². The quantitative estimate of drug-likeness (QED) is 0.515. The fraction of sp³-hybridized carbons (Fsp3) is 0.375. The predicted octanol–water partition coefficient (Wildman–Crippen LogP) is 4.38.